The zero-order valence-corrected chi connectivity index (χ0v) is 8.38. The second-order valence-corrected chi connectivity index (χ2v) is 3.42. The van der Waals surface area contributed by atoms with E-state index in [9.17, 15) is 9.59 Å². The molecular weight excluding hydrogens is 212 g/mol. The summed E-state index contributed by atoms with van der Waals surface area (Å²) in [5.41, 5.74) is 4.34. The van der Waals surface area contributed by atoms with Crippen LogP contribution < -0.4 is 21.9 Å². The summed E-state index contributed by atoms with van der Waals surface area (Å²) < 4.78 is 0. The SMILES string of the molecule is NC(=S)N=c1c(=O)c2ccccc2c1=O. The standard InChI is InChI=1S/C10H6N2O2S/c11-10(15)12-7-8(13)5-3-1-2-4-6(5)9(7)14/h1-4H,(H2,11,15). The first-order chi connectivity index (χ1) is 7.11. The number of fused-ring (bicyclic) bond motifs is 1. The van der Waals surface area contributed by atoms with Crippen LogP contribution in [0.5, 0.6) is 0 Å². The molecule has 0 amide bonds. The Bertz CT molecular complexity index is 646. The summed E-state index contributed by atoms with van der Waals surface area (Å²) in [5.74, 6) is 0. The molecule has 2 rings (SSSR count). The minimum absolute atomic E-state index is 0.191. The summed E-state index contributed by atoms with van der Waals surface area (Å²) in [6, 6.07) is 6.54. The molecule has 2 aromatic rings. The van der Waals surface area contributed by atoms with Crippen molar-refractivity contribution in [2.75, 3.05) is 0 Å². The fourth-order valence-electron chi connectivity index (χ4n) is 1.45. The van der Waals surface area contributed by atoms with E-state index in [-0.39, 0.29) is 10.5 Å². The second-order valence-electron chi connectivity index (χ2n) is 3.00. The molecule has 0 atom stereocenters. The molecule has 4 nitrogen and oxygen atoms in total. The highest BCUT2D eigenvalue weighted by atomic mass is 32.1. The van der Waals surface area contributed by atoms with Gasteiger partial charge in [-0.3, -0.25) is 9.59 Å². The van der Waals surface area contributed by atoms with Gasteiger partial charge in [0.25, 0.3) is 0 Å². The lowest BCUT2D eigenvalue weighted by Gasteiger charge is -1.81. The van der Waals surface area contributed by atoms with Gasteiger partial charge < -0.3 is 5.73 Å². The summed E-state index contributed by atoms with van der Waals surface area (Å²) in [4.78, 5) is 26.9. The zero-order chi connectivity index (χ0) is 11.0. The van der Waals surface area contributed by atoms with Crippen molar-refractivity contribution in [3.05, 3.63) is 50.1 Å². The van der Waals surface area contributed by atoms with E-state index in [1.165, 1.54) is 0 Å². The summed E-state index contributed by atoms with van der Waals surface area (Å²) in [5, 5.41) is 0.318. The van der Waals surface area contributed by atoms with E-state index in [0.29, 0.717) is 10.8 Å². The Balaban J connectivity index is 3.08. The van der Waals surface area contributed by atoms with E-state index < -0.39 is 10.9 Å². The number of benzene rings is 1. The molecule has 74 valence electrons. The lowest BCUT2D eigenvalue weighted by Crippen LogP contribution is -2.33. The normalized spacial score (nSPS) is 10.4. The van der Waals surface area contributed by atoms with Crippen LogP contribution >= 0.6 is 12.2 Å². The number of nitrogens with zero attached hydrogens (tertiary/aromatic N) is 1. The predicted molar refractivity (Wildman–Crippen MR) is 61.2 cm³/mol. The van der Waals surface area contributed by atoms with Crippen LogP contribution in [0.4, 0.5) is 0 Å². The second kappa shape index (κ2) is 3.36. The molecule has 0 bridgehead atoms. The molecule has 5 heteroatoms. The van der Waals surface area contributed by atoms with E-state index in [2.05, 4.69) is 17.2 Å². The maximum Gasteiger partial charge on any atom is 0.216 e. The van der Waals surface area contributed by atoms with Crippen molar-refractivity contribution in [3.8, 4) is 0 Å². The Morgan fingerprint density at radius 1 is 1.13 bits per heavy atom. The van der Waals surface area contributed by atoms with Crippen LogP contribution in [-0.2, 0) is 0 Å². The van der Waals surface area contributed by atoms with Gasteiger partial charge in [-0.25, -0.2) is 4.99 Å². The smallest absolute Gasteiger partial charge is 0.216 e. The van der Waals surface area contributed by atoms with Crippen LogP contribution in [0.25, 0.3) is 10.8 Å². The summed E-state index contributed by atoms with van der Waals surface area (Å²) in [7, 11) is 0. The maximum absolute atomic E-state index is 11.7. The molecule has 0 saturated heterocycles. The zero-order valence-electron chi connectivity index (χ0n) is 7.56. The highest BCUT2D eigenvalue weighted by Crippen LogP contribution is 2.01. The highest BCUT2D eigenvalue weighted by molar-refractivity contribution is 7.80. The molecule has 0 heterocycles. The van der Waals surface area contributed by atoms with Crippen LogP contribution in [0.3, 0.4) is 0 Å². The van der Waals surface area contributed by atoms with Gasteiger partial charge in [0, 0.05) is 10.8 Å². The van der Waals surface area contributed by atoms with Crippen molar-refractivity contribution in [2.24, 2.45) is 10.7 Å². The van der Waals surface area contributed by atoms with E-state index >= 15 is 0 Å². The van der Waals surface area contributed by atoms with Gasteiger partial charge in [0.1, 0.15) is 0 Å². The van der Waals surface area contributed by atoms with Gasteiger partial charge in [-0.05, 0) is 12.2 Å². The quantitative estimate of drug-likeness (QED) is 0.609. The van der Waals surface area contributed by atoms with Gasteiger partial charge in [0.2, 0.25) is 10.9 Å². The molecule has 0 aromatic heterocycles. The van der Waals surface area contributed by atoms with Gasteiger partial charge in [0.05, 0.1) is 0 Å². The van der Waals surface area contributed by atoms with Crippen molar-refractivity contribution in [3.63, 3.8) is 0 Å². The molecule has 2 aromatic carbocycles. The summed E-state index contributed by atoms with van der Waals surface area (Å²) in [6.45, 7) is 0. The minimum Gasteiger partial charge on any atom is -0.374 e. The Labute approximate surface area is 89.4 Å². The fraction of sp³-hybridized carbons (Fsp3) is 0. The van der Waals surface area contributed by atoms with Crippen molar-refractivity contribution >= 4 is 28.1 Å². The molecule has 0 aliphatic carbocycles. The molecule has 2 N–H and O–H groups in total. The number of hydrogen-bond acceptors (Lipinski definition) is 3. The third-order valence-electron chi connectivity index (χ3n) is 2.07. The minimum atomic E-state index is -0.414. The molecule has 0 aliphatic rings. The third-order valence-corrected chi connectivity index (χ3v) is 2.16. The van der Waals surface area contributed by atoms with Gasteiger partial charge in [-0.2, -0.15) is 0 Å². The van der Waals surface area contributed by atoms with Gasteiger partial charge in [0.15, 0.2) is 10.5 Å². The molecular formula is C10H6N2O2S. The van der Waals surface area contributed by atoms with Crippen molar-refractivity contribution < 1.29 is 0 Å². The van der Waals surface area contributed by atoms with Crippen LogP contribution in [0, 0.1) is 0 Å². The number of nitrogens with two attached hydrogens (primary N) is 1. The molecule has 0 saturated carbocycles. The first kappa shape index (κ1) is 9.67. The average molecular weight is 218 g/mol. The Hall–Kier alpha value is -1.88. The largest absolute Gasteiger partial charge is 0.374 e. The molecule has 0 unspecified atom stereocenters. The number of rotatable bonds is 0. The Kier molecular flexibility index (Phi) is 2.17. The first-order valence-corrected chi connectivity index (χ1v) is 4.58. The van der Waals surface area contributed by atoms with E-state index in [1.807, 2.05) is 0 Å². The molecule has 0 radical (unpaired) electrons. The number of hydrogen-bond donors (Lipinski definition) is 1. The maximum atomic E-state index is 11.7. The molecule has 0 fully saturated rings. The van der Waals surface area contributed by atoms with E-state index in [4.69, 9.17) is 5.73 Å². The average Bonchev–Trinajstić information content (AvgIpc) is 2.44. The van der Waals surface area contributed by atoms with Crippen LogP contribution in [-0.4, -0.2) is 5.11 Å². The third kappa shape index (κ3) is 1.46. The van der Waals surface area contributed by atoms with E-state index in [0.717, 1.165) is 0 Å². The Morgan fingerprint density at radius 2 is 1.60 bits per heavy atom. The monoisotopic (exact) mass is 218 g/mol. The first-order valence-electron chi connectivity index (χ1n) is 4.18. The highest BCUT2D eigenvalue weighted by Gasteiger charge is 2.09. The number of thiocarbonyl (C=S) groups is 1. The molecule has 0 aliphatic heterocycles. The van der Waals surface area contributed by atoms with Gasteiger partial charge in [-0.15, -0.1) is 0 Å². The summed E-state index contributed by atoms with van der Waals surface area (Å²) >= 11 is 4.53. The summed E-state index contributed by atoms with van der Waals surface area (Å²) in [6.07, 6.45) is 0. The van der Waals surface area contributed by atoms with Crippen molar-refractivity contribution in [2.45, 2.75) is 0 Å². The molecule has 0 spiro atoms. The predicted octanol–water partition coefficient (Wildman–Crippen LogP) is -0.420. The fourth-order valence-corrected chi connectivity index (χ4v) is 1.54. The van der Waals surface area contributed by atoms with Crippen molar-refractivity contribution in [1.29, 1.82) is 0 Å². The Morgan fingerprint density at radius 3 is 2.00 bits per heavy atom. The topological polar surface area (TPSA) is 72.5 Å². The molecule has 15 heavy (non-hydrogen) atoms. The lowest BCUT2D eigenvalue weighted by atomic mass is 10.2. The van der Waals surface area contributed by atoms with Gasteiger partial charge >= 0.3 is 0 Å². The van der Waals surface area contributed by atoms with Crippen LogP contribution in [0.15, 0.2) is 38.8 Å². The van der Waals surface area contributed by atoms with Gasteiger partial charge in [-0.1, -0.05) is 24.3 Å². The lowest BCUT2D eigenvalue weighted by molar-refractivity contribution is 1.36. The van der Waals surface area contributed by atoms with Crippen LogP contribution in [0.1, 0.15) is 0 Å². The van der Waals surface area contributed by atoms with Crippen LogP contribution in [0.2, 0.25) is 0 Å². The van der Waals surface area contributed by atoms with E-state index in [1.54, 1.807) is 24.3 Å². The van der Waals surface area contributed by atoms with Crippen molar-refractivity contribution in [1.82, 2.24) is 0 Å².